The number of hydrogen-bond donors (Lipinski definition) is 1. The van der Waals surface area contributed by atoms with E-state index in [1.54, 1.807) is 11.3 Å². The Labute approximate surface area is 118 Å². The highest BCUT2D eigenvalue weighted by Crippen LogP contribution is 2.18. The molecular weight excluding hydrogens is 270 g/mol. The van der Waals surface area contributed by atoms with Gasteiger partial charge in [0.05, 0.1) is 18.4 Å². The zero-order valence-electron chi connectivity index (χ0n) is 10.5. The maximum absolute atomic E-state index is 4.55. The van der Waals surface area contributed by atoms with Crippen LogP contribution < -0.4 is 0 Å². The number of H-pyrrole nitrogens is 1. The number of aromatic nitrogens is 5. The van der Waals surface area contributed by atoms with Crippen LogP contribution in [0, 0.1) is 0 Å². The van der Waals surface area contributed by atoms with Crippen LogP contribution in [0.2, 0.25) is 0 Å². The van der Waals surface area contributed by atoms with E-state index in [-0.39, 0.29) is 0 Å². The second-order valence-electron chi connectivity index (χ2n) is 4.49. The molecule has 0 aliphatic heterocycles. The number of rotatable bonds is 3. The van der Waals surface area contributed by atoms with E-state index >= 15 is 0 Å². The van der Waals surface area contributed by atoms with Crippen LogP contribution in [0.1, 0.15) is 4.88 Å². The summed E-state index contributed by atoms with van der Waals surface area (Å²) < 4.78 is 1.84. The van der Waals surface area contributed by atoms with E-state index in [9.17, 15) is 0 Å². The van der Waals surface area contributed by atoms with Gasteiger partial charge in [-0.25, -0.2) is 9.67 Å². The van der Waals surface area contributed by atoms with Crippen molar-refractivity contribution in [3.63, 3.8) is 0 Å². The van der Waals surface area contributed by atoms with Crippen molar-refractivity contribution in [1.29, 1.82) is 0 Å². The predicted molar refractivity (Wildman–Crippen MR) is 78.5 cm³/mol. The van der Waals surface area contributed by atoms with Gasteiger partial charge in [-0.2, -0.15) is 0 Å². The van der Waals surface area contributed by atoms with E-state index in [2.05, 4.69) is 31.7 Å². The van der Waals surface area contributed by atoms with Crippen LogP contribution in [0.15, 0.2) is 48.1 Å². The summed E-state index contributed by atoms with van der Waals surface area (Å²) in [6.45, 7) is 0.745. The average molecular weight is 281 g/mol. The Kier molecular flexibility index (Phi) is 2.60. The van der Waals surface area contributed by atoms with Gasteiger partial charge in [0, 0.05) is 16.5 Å². The number of aromatic amines is 1. The molecule has 4 rings (SSSR count). The maximum atomic E-state index is 4.55. The molecule has 0 radical (unpaired) electrons. The maximum Gasteiger partial charge on any atom is 0.138 e. The molecule has 0 amide bonds. The van der Waals surface area contributed by atoms with Crippen molar-refractivity contribution in [2.75, 3.05) is 0 Å². The van der Waals surface area contributed by atoms with E-state index < -0.39 is 0 Å². The third-order valence-corrected chi connectivity index (χ3v) is 3.97. The second kappa shape index (κ2) is 4.57. The van der Waals surface area contributed by atoms with Gasteiger partial charge >= 0.3 is 0 Å². The molecule has 0 saturated carbocycles. The lowest BCUT2D eigenvalue weighted by Gasteiger charge is -1.96. The monoisotopic (exact) mass is 281 g/mol. The summed E-state index contributed by atoms with van der Waals surface area (Å²) in [6.07, 6.45) is 3.81. The first-order valence-corrected chi connectivity index (χ1v) is 7.13. The number of pyridine rings is 1. The number of hydrogen-bond acceptors (Lipinski definition) is 4. The first-order valence-electron chi connectivity index (χ1n) is 6.25. The van der Waals surface area contributed by atoms with Crippen molar-refractivity contribution >= 4 is 22.4 Å². The lowest BCUT2D eigenvalue weighted by molar-refractivity contribution is 0.656. The molecule has 98 valence electrons. The summed E-state index contributed by atoms with van der Waals surface area (Å²) in [7, 11) is 0. The quantitative estimate of drug-likeness (QED) is 0.628. The van der Waals surface area contributed by atoms with Crippen LogP contribution in [-0.2, 0) is 6.54 Å². The van der Waals surface area contributed by atoms with Gasteiger partial charge in [-0.1, -0.05) is 11.3 Å². The molecule has 0 aliphatic carbocycles. The Morgan fingerprint density at radius 2 is 2.15 bits per heavy atom. The van der Waals surface area contributed by atoms with E-state index in [1.807, 2.05) is 41.3 Å². The van der Waals surface area contributed by atoms with Crippen molar-refractivity contribution in [3.8, 4) is 11.4 Å². The molecule has 6 heteroatoms. The van der Waals surface area contributed by atoms with Crippen LogP contribution in [0.25, 0.3) is 22.4 Å². The topological polar surface area (TPSA) is 59.4 Å². The SMILES string of the molecule is c1csc(Cn2cc(-c3ccc4cc[nH]c4n3)nn2)c1. The van der Waals surface area contributed by atoms with Crippen LogP contribution in [-0.4, -0.2) is 25.0 Å². The Balaban J connectivity index is 1.66. The van der Waals surface area contributed by atoms with Gasteiger partial charge < -0.3 is 4.98 Å². The second-order valence-corrected chi connectivity index (χ2v) is 5.52. The Morgan fingerprint density at radius 1 is 1.15 bits per heavy atom. The van der Waals surface area contributed by atoms with Gasteiger partial charge in [0.2, 0.25) is 0 Å². The van der Waals surface area contributed by atoms with Crippen molar-refractivity contribution in [1.82, 2.24) is 25.0 Å². The fraction of sp³-hybridized carbons (Fsp3) is 0.0714. The first kappa shape index (κ1) is 11.4. The number of fused-ring (bicyclic) bond motifs is 1. The molecule has 0 bridgehead atoms. The highest BCUT2D eigenvalue weighted by atomic mass is 32.1. The lowest BCUT2D eigenvalue weighted by atomic mass is 10.2. The summed E-state index contributed by atoms with van der Waals surface area (Å²) in [5.41, 5.74) is 2.49. The van der Waals surface area contributed by atoms with E-state index in [4.69, 9.17) is 0 Å². The highest BCUT2D eigenvalue weighted by Gasteiger charge is 2.07. The van der Waals surface area contributed by atoms with Crippen LogP contribution >= 0.6 is 11.3 Å². The highest BCUT2D eigenvalue weighted by molar-refractivity contribution is 7.09. The summed E-state index contributed by atoms with van der Waals surface area (Å²) in [5, 5.41) is 11.5. The molecule has 0 unspecified atom stereocenters. The molecule has 20 heavy (non-hydrogen) atoms. The van der Waals surface area contributed by atoms with Crippen LogP contribution in [0.5, 0.6) is 0 Å². The van der Waals surface area contributed by atoms with Crippen molar-refractivity contribution < 1.29 is 0 Å². The molecule has 4 aromatic rings. The number of nitrogens with zero attached hydrogens (tertiary/aromatic N) is 4. The molecule has 0 aromatic carbocycles. The third-order valence-electron chi connectivity index (χ3n) is 3.11. The Morgan fingerprint density at radius 3 is 3.05 bits per heavy atom. The van der Waals surface area contributed by atoms with Crippen molar-refractivity contribution in [3.05, 3.63) is 53.0 Å². The number of thiophene rings is 1. The summed E-state index contributed by atoms with van der Waals surface area (Å²) in [6, 6.07) is 10.1. The number of nitrogens with one attached hydrogen (secondary N) is 1. The molecule has 0 fully saturated rings. The normalized spacial score (nSPS) is 11.2. The van der Waals surface area contributed by atoms with Crippen molar-refractivity contribution in [2.45, 2.75) is 6.54 Å². The van der Waals surface area contributed by atoms with Crippen LogP contribution in [0.4, 0.5) is 0 Å². The average Bonchev–Trinajstić information content (AvgIpc) is 3.19. The molecular formula is C14H11N5S. The standard InChI is InChI=1S/C14H11N5S/c1-2-11(20-7-1)8-19-9-13(17-18-19)12-4-3-10-5-6-15-14(10)16-12/h1-7,9H,8H2,(H,15,16). The fourth-order valence-corrected chi connectivity index (χ4v) is 2.82. The molecule has 4 aromatic heterocycles. The van der Waals surface area contributed by atoms with Gasteiger partial charge in [-0.05, 0) is 29.6 Å². The van der Waals surface area contributed by atoms with E-state index in [0.29, 0.717) is 0 Å². The zero-order valence-corrected chi connectivity index (χ0v) is 11.3. The largest absolute Gasteiger partial charge is 0.346 e. The molecule has 0 spiro atoms. The van der Waals surface area contributed by atoms with Crippen molar-refractivity contribution in [2.24, 2.45) is 0 Å². The minimum Gasteiger partial charge on any atom is -0.346 e. The third kappa shape index (κ3) is 2.00. The molecule has 1 N–H and O–H groups in total. The van der Waals surface area contributed by atoms with Gasteiger partial charge in [-0.15, -0.1) is 16.4 Å². The molecule has 5 nitrogen and oxygen atoms in total. The summed E-state index contributed by atoms with van der Waals surface area (Å²) in [5.74, 6) is 0. The molecule has 0 aliphatic rings. The Hall–Kier alpha value is -2.47. The molecule has 0 saturated heterocycles. The molecule has 4 heterocycles. The van der Waals surface area contributed by atoms with Crippen LogP contribution in [0.3, 0.4) is 0 Å². The van der Waals surface area contributed by atoms with Gasteiger partial charge in [0.15, 0.2) is 0 Å². The predicted octanol–water partition coefficient (Wildman–Crippen LogP) is 2.93. The molecule has 0 atom stereocenters. The van der Waals surface area contributed by atoms with Gasteiger partial charge in [0.25, 0.3) is 0 Å². The lowest BCUT2D eigenvalue weighted by Crippen LogP contribution is -1.97. The zero-order chi connectivity index (χ0) is 13.4. The smallest absolute Gasteiger partial charge is 0.138 e. The minimum absolute atomic E-state index is 0.745. The van der Waals surface area contributed by atoms with Gasteiger partial charge in [-0.3, -0.25) is 0 Å². The van der Waals surface area contributed by atoms with E-state index in [0.717, 1.165) is 29.0 Å². The first-order chi connectivity index (χ1) is 9.88. The summed E-state index contributed by atoms with van der Waals surface area (Å²) in [4.78, 5) is 8.91. The van der Waals surface area contributed by atoms with E-state index in [1.165, 1.54) is 4.88 Å². The fourth-order valence-electron chi connectivity index (χ4n) is 2.13. The van der Waals surface area contributed by atoms with Gasteiger partial charge in [0.1, 0.15) is 11.3 Å². The minimum atomic E-state index is 0.745. The Bertz CT molecular complexity index is 843. The summed E-state index contributed by atoms with van der Waals surface area (Å²) >= 11 is 1.72.